The molecule has 25 heavy (non-hydrogen) atoms. The first-order valence-corrected chi connectivity index (χ1v) is 8.33. The molecule has 0 spiro atoms. The van der Waals surface area contributed by atoms with Gasteiger partial charge in [-0.2, -0.15) is 0 Å². The van der Waals surface area contributed by atoms with E-state index in [1.165, 1.54) is 7.11 Å². The van der Waals surface area contributed by atoms with Crippen LogP contribution in [0.15, 0.2) is 48.5 Å². The number of hydrogen-bond acceptors (Lipinski definition) is 4. The van der Waals surface area contributed by atoms with Gasteiger partial charge in [0.1, 0.15) is 0 Å². The lowest BCUT2D eigenvalue weighted by Crippen LogP contribution is -2.43. The number of ether oxygens (including phenoxy) is 1. The fraction of sp³-hybridized carbons (Fsp3) is 0.222. The number of methoxy groups -OCH3 is 1. The number of rotatable bonds is 5. The molecule has 1 heterocycles. The van der Waals surface area contributed by atoms with E-state index in [0.717, 1.165) is 0 Å². The van der Waals surface area contributed by atoms with Crippen LogP contribution in [0, 0.1) is 0 Å². The fourth-order valence-corrected chi connectivity index (χ4v) is 3.91. The lowest BCUT2D eigenvalue weighted by atomic mass is 9.80. The second-order valence-electron chi connectivity index (χ2n) is 5.82. The van der Waals surface area contributed by atoms with Crippen LogP contribution in [0.5, 0.6) is 0 Å². The summed E-state index contributed by atoms with van der Waals surface area (Å²) in [6, 6.07) is 13.3. The van der Waals surface area contributed by atoms with Crippen LogP contribution in [0.3, 0.4) is 0 Å². The van der Waals surface area contributed by atoms with Crippen LogP contribution >= 0.6 is 23.2 Å². The highest BCUT2D eigenvalue weighted by molar-refractivity contribution is 6.36. The number of nitrogens with one attached hydrogen (secondary N) is 1. The zero-order valence-electron chi connectivity index (χ0n) is 13.3. The maximum atomic E-state index is 12.6. The number of benzene rings is 2. The number of carbonyl (C=O) groups excluding carboxylic acids is 2. The van der Waals surface area contributed by atoms with E-state index in [1.807, 2.05) is 6.07 Å². The maximum Gasteiger partial charge on any atom is 0.329 e. The molecule has 3 N–H and O–H groups in total. The number of nitrogens with two attached hydrogens (primary N) is 1. The lowest BCUT2D eigenvalue weighted by Gasteiger charge is -2.23. The Morgan fingerprint density at radius 3 is 2.24 bits per heavy atom. The summed E-state index contributed by atoms with van der Waals surface area (Å²) in [4.78, 5) is 24.9. The third kappa shape index (κ3) is 2.88. The quantitative estimate of drug-likeness (QED) is 0.617. The SMILES string of the molecule is COC(=O)[C@]1([C@H](C(N)=O)c2ccccc2)N[C@@H]1c1c(Cl)cccc1Cl. The van der Waals surface area contributed by atoms with Crippen molar-refractivity contribution in [3.63, 3.8) is 0 Å². The van der Waals surface area contributed by atoms with Crippen molar-refractivity contribution in [3.8, 4) is 0 Å². The van der Waals surface area contributed by atoms with Gasteiger partial charge in [0, 0.05) is 15.6 Å². The smallest absolute Gasteiger partial charge is 0.329 e. The van der Waals surface area contributed by atoms with Gasteiger partial charge in [0.2, 0.25) is 5.91 Å². The minimum Gasteiger partial charge on any atom is -0.468 e. The molecule has 0 unspecified atom stereocenters. The summed E-state index contributed by atoms with van der Waals surface area (Å²) in [7, 11) is 1.26. The Morgan fingerprint density at radius 2 is 1.72 bits per heavy atom. The fourth-order valence-electron chi connectivity index (χ4n) is 3.29. The molecule has 2 aromatic rings. The second-order valence-corrected chi connectivity index (χ2v) is 6.63. The van der Waals surface area contributed by atoms with E-state index in [9.17, 15) is 9.59 Å². The van der Waals surface area contributed by atoms with Gasteiger partial charge in [-0.3, -0.25) is 10.1 Å². The summed E-state index contributed by atoms with van der Waals surface area (Å²) in [5.41, 5.74) is 5.45. The maximum absolute atomic E-state index is 12.6. The highest BCUT2D eigenvalue weighted by Gasteiger charge is 2.68. The van der Waals surface area contributed by atoms with Gasteiger partial charge >= 0.3 is 5.97 Å². The molecule has 3 rings (SSSR count). The van der Waals surface area contributed by atoms with Crippen LogP contribution in [0.25, 0.3) is 0 Å². The third-order valence-corrected chi connectivity index (χ3v) is 5.10. The van der Waals surface area contributed by atoms with Crippen LogP contribution < -0.4 is 11.1 Å². The normalized spacial score (nSPS) is 22.9. The summed E-state index contributed by atoms with van der Waals surface area (Å²) in [6.07, 6.45) is 0. The first kappa shape index (κ1) is 17.7. The Morgan fingerprint density at radius 1 is 1.12 bits per heavy atom. The second kappa shape index (κ2) is 6.67. The van der Waals surface area contributed by atoms with E-state index in [2.05, 4.69) is 5.32 Å². The lowest BCUT2D eigenvalue weighted by molar-refractivity contribution is -0.146. The molecule has 1 amide bonds. The molecule has 1 aliphatic rings. The number of halogens is 2. The van der Waals surface area contributed by atoms with Gasteiger partial charge in [-0.05, 0) is 17.7 Å². The van der Waals surface area contributed by atoms with E-state index in [-0.39, 0.29) is 0 Å². The van der Waals surface area contributed by atoms with Gasteiger partial charge in [-0.15, -0.1) is 0 Å². The molecule has 0 aliphatic carbocycles. The van der Waals surface area contributed by atoms with E-state index >= 15 is 0 Å². The Kier molecular flexibility index (Phi) is 4.73. The minimum absolute atomic E-state index is 0.395. The molecule has 1 saturated heterocycles. The topological polar surface area (TPSA) is 91.3 Å². The van der Waals surface area contributed by atoms with Crippen molar-refractivity contribution in [1.82, 2.24) is 5.32 Å². The Balaban J connectivity index is 2.13. The van der Waals surface area contributed by atoms with Crippen molar-refractivity contribution in [2.45, 2.75) is 17.5 Å². The van der Waals surface area contributed by atoms with Crippen molar-refractivity contribution < 1.29 is 14.3 Å². The Labute approximate surface area is 155 Å². The van der Waals surface area contributed by atoms with E-state index < -0.39 is 29.4 Å². The average molecular weight is 379 g/mol. The zero-order valence-corrected chi connectivity index (χ0v) is 14.8. The summed E-state index contributed by atoms with van der Waals surface area (Å²) in [5.74, 6) is -2.17. The molecule has 1 fully saturated rings. The van der Waals surface area contributed by atoms with Gasteiger partial charge in [-0.1, -0.05) is 59.6 Å². The highest BCUT2D eigenvalue weighted by atomic mass is 35.5. The molecular weight excluding hydrogens is 363 g/mol. The Bertz CT molecular complexity index is 808. The molecule has 1 aliphatic heterocycles. The largest absolute Gasteiger partial charge is 0.468 e. The summed E-state index contributed by atoms with van der Waals surface area (Å²) < 4.78 is 4.97. The van der Waals surface area contributed by atoms with Gasteiger partial charge < -0.3 is 10.5 Å². The molecule has 0 bridgehead atoms. The van der Waals surface area contributed by atoms with Gasteiger partial charge in [0.25, 0.3) is 0 Å². The third-order valence-electron chi connectivity index (χ3n) is 4.44. The van der Waals surface area contributed by atoms with Gasteiger partial charge in [-0.25, -0.2) is 4.79 Å². The minimum atomic E-state index is -1.35. The molecule has 5 nitrogen and oxygen atoms in total. The molecule has 3 atom stereocenters. The molecule has 130 valence electrons. The average Bonchev–Trinajstić information content (AvgIpc) is 3.30. The summed E-state index contributed by atoms with van der Waals surface area (Å²) >= 11 is 12.6. The molecule has 0 radical (unpaired) electrons. The van der Waals surface area contributed by atoms with E-state index in [0.29, 0.717) is 21.2 Å². The molecule has 0 saturated carbocycles. The van der Waals surface area contributed by atoms with Crippen molar-refractivity contribution in [2.75, 3.05) is 7.11 Å². The molecule has 0 aromatic heterocycles. The predicted octanol–water partition coefficient (Wildman–Crippen LogP) is 2.82. The zero-order chi connectivity index (χ0) is 18.2. The van der Waals surface area contributed by atoms with Crippen LogP contribution in [-0.4, -0.2) is 24.5 Å². The number of carbonyl (C=O) groups is 2. The van der Waals surface area contributed by atoms with Crippen molar-refractivity contribution >= 4 is 35.1 Å². The summed E-state index contributed by atoms with van der Waals surface area (Å²) in [5, 5.41) is 3.86. The number of primary amides is 1. The van der Waals surface area contributed by atoms with E-state index in [4.69, 9.17) is 33.7 Å². The van der Waals surface area contributed by atoms with Gasteiger partial charge in [0.15, 0.2) is 5.54 Å². The standard InChI is InChI=1S/C18H16Cl2N2O3/c1-25-17(24)18(14(16(21)23)10-6-3-2-4-7-10)15(22-18)13-11(19)8-5-9-12(13)20/h2-9,14-15,22H,1H3,(H2,21,23)/t14-,15+,18+/m0/s1. The first-order chi connectivity index (χ1) is 11.9. The predicted molar refractivity (Wildman–Crippen MR) is 95.5 cm³/mol. The number of hydrogen-bond donors (Lipinski definition) is 2. The molecule has 2 aromatic carbocycles. The number of amides is 1. The monoisotopic (exact) mass is 378 g/mol. The summed E-state index contributed by atoms with van der Waals surface area (Å²) in [6.45, 7) is 0. The van der Waals surface area contributed by atoms with Crippen LogP contribution in [0.2, 0.25) is 10.0 Å². The van der Waals surface area contributed by atoms with E-state index in [1.54, 1.807) is 42.5 Å². The Hall–Kier alpha value is -2.08. The molecule has 7 heteroatoms. The first-order valence-electron chi connectivity index (χ1n) is 7.57. The van der Waals surface area contributed by atoms with Crippen LogP contribution in [0.4, 0.5) is 0 Å². The highest BCUT2D eigenvalue weighted by Crippen LogP contribution is 2.53. The van der Waals surface area contributed by atoms with Crippen LogP contribution in [-0.2, 0) is 14.3 Å². The number of esters is 1. The van der Waals surface area contributed by atoms with Crippen LogP contribution in [0.1, 0.15) is 23.1 Å². The molecular formula is C18H16Cl2N2O3. The van der Waals surface area contributed by atoms with Crippen molar-refractivity contribution in [3.05, 3.63) is 69.7 Å². The van der Waals surface area contributed by atoms with Gasteiger partial charge in [0.05, 0.1) is 19.1 Å². The van der Waals surface area contributed by atoms with Crippen molar-refractivity contribution in [2.24, 2.45) is 5.73 Å². The van der Waals surface area contributed by atoms with Crippen molar-refractivity contribution in [1.29, 1.82) is 0 Å².